The number of hydrogen-bond donors (Lipinski definition) is 1. The zero-order valence-electron chi connectivity index (χ0n) is 18.0. The largest absolute Gasteiger partial charge is 0.497 e. The summed E-state index contributed by atoms with van der Waals surface area (Å²) in [5.41, 5.74) is 1.23. The number of methoxy groups -OCH3 is 1. The van der Waals surface area contributed by atoms with Crippen LogP contribution in [-0.4, -0.2) is 50.1 Å². The van der Waals surface area contributed by atoms with Gasteiger partial charge in [0.15, 0.2) is 0 Å². The molecule has 0 radical (unpaired) electrons. The van der Waals surface area contributed by atoms with Crippen molar-refractivity contribution in [3.05, 3.63) is 69.0 Å². The maximum atomic E-state index is 12.6. The van der Waals surface area contributed by atoms with E-state index in [2.05, 4.69) is 51.7 Å². The van der Waals surface area contributed by atoms with Crippen LogP contribution >= 0.6 is 22.7 Å². The zero-order valence-corrected chi connectivity index (χ0v) is 19.6. The summed E-state index contributed by atoms with van der Waals surface area (Å²) >= 11 is 3.40. The van der Waals surface area contributed by atoms with Crippen molar-refractivity contribution in [2.45, 2.75) is 25.4 Å². The predicted molar refractivity (Wildman–Crippen MR) is 129 cm³/mol. The first kappa shape index (κ1) is 21.9. The fraction of sp³-hybridized carbons (Fsp3) is 0.375. The van der Waals surface area contributed by atoms with Crippen LogP contribution in [0.2, 0.25) is 0 Å². The molecule has 2 aromatic heterocycles. The molecule has 1 N–H and O–H groups in total. The predicted octanol–water partition coefficient (Wildman–Crippen LogP) is 4.43. The van der Waals surface area contributed by atoms with Crippen LogP contribution in [0.5, 0.6) is 5.75 Å². The van der Waals surface area contributed by atoms with Crippen molar-refractivity contribution in [1.29, 1.82) is 0 Å². The Balaban J connectivity index is 1.40. The third-order valence-electron chi connectivity index (χ3n) is 5.76. The second-order valence-electron chi connectivity index (χ2n) is 7.79. The molecule has 164 valence electrons. The van der Waals surface area contributed by atoms with Crippen LogP contribution in [0, 0.1) is 0 Å². The van der Waals surface area contributed by atoms with Crippen molar-refractivity contribution in [1.82, 2.24) is 10.2 Å². The van der Waals surface area contributed by atoms with Crippen LogP contribution in [0.4, 0.5) is 5.69 Å². The van der Waals surface area contributed by atoms with E-state index >= 15 is 0 Å². The van der Waals surface area contributed by atoms with E-state index in [4.69, 9.17) is 4.74 Å². The van der Waals surface area contributed by atoms with Gasteiger partial charge in [-0.05, 0) is 54.1 Å². The maximum absolute atomic E-state index is 12.6. The molecule has 5 nitrogen and oxygen atoms in total. The third kappa shape index (κ3) is 5.47. The summed E-state index contributed by atoms with van der Waals surface area (Å²) in [4.78, 5) is 20.0. The topological polar surface area (TPSA) is 44.8 Å². The van der Waals surface area contributed by atoms with Gasteiger partial charge in [0.25, 0.3) is 0 Å². The zero-order chi connectivity index (χ0) is 21.6. The van der Waals surface area contributed by atoms with E-state index in [0.29, 0.717) is 6.42 Å². The summed E-state index contributed by atoms with van der Waals surface area (Å²) in [7, 11) is 1.69. The molecule has 0 aliphatic carbocycles. The molecule has 1 aliphatic rings. The number of carbonyl (C=O) groups is 1. The number of thiophene rings is 2. The number of nitrogens with one attached hydrogen (secondary N) is 1. The quantitative estimate of drug-likeness (QED) is 0.546. The minimum Gasteiger partial charge on any atom is -0.497 e. The first-order chi connectivity index (χ1) is 15.1. The Hall–Kier alpha value is -2.35. The van der Waals surface area contributed by atoms with Crippen molar-refractivity contribution >= 4 is 34.3 Å². The average Bonchev–Trinajstić information content (AvgIpc) is 3.49. The Morgan fingerprint density at radius 3 is 2.35 bits per heavy atom. The first-order valence-corrected chi connectivity index (χ1v) is 12.4. The standard InChI is InChI=1S/C24H29N3O2S2/c1-18(25-23(28)17-21-5-3-15-30-21)24(22-6-4-16-31-22)27-13-11-26(12-14-27)19-7-9-20(29-2)10-8-19/h3-10,15-16,18,24H,11-14,17H2,1-2H3,(H,25,28). The normalized spacial score (nSPS) is 16.6. The molecule has 3 heterocycles. The SMILES string of the molecule is COc1ccc(N2CCN(C(c3cccs3)C(C)NC(=O)Cc3cccs3)CC2)cc1. The molecule has 2 unspecified atom stereocenters. The molecule has 0 bridgehead atoms. The summed E-state index contributed by atoms with van der Waals surface area (Å²) in [5.74, 6) is 0.973. The van der Waals surface area contributed by atoms with Gasteiger partial charge in [-0.25, -0.2) is 0 Å². The highest BCUT2D eigenvalue weighted by Crippen LogP contribution is 2.30. The van der Waals surface area contributed by atoms with Crippen molar-refractivity contribution in [2.75, 3.05) is 38.2 Å². The number of carbonyl (C=O) groups excluding carboxylic acids is 1. The minimum atomic E-state index is 0.0404. The maximum Gasteiger partial charge on any atom is 0.225 e. The Kier molecular flexibility index (Phi) is 7.27. The fourth-order valence-corrected chi connectivity index (χ4v) is 5.88. The molecule has 1 amide bonds. The van der Waals surface area contributed by atoms with Crippen LogP contribution in [0.15, 0.2) is 59.3 Å². The van der Waals surface area contributed by atoms with Gasteiger partial charge in [-0.15, -0.1) is 22.7 Å². The molecule has 2 atom stereocenters. The van der Waals surface area contributed by atoms with Crippen molar-refractivity contribution < 1.29 is 9.53 Å². The number of piperazine rings is 1. The molecule has 31 heavy (non-hydrogen) atoms. The Morgan fingerprint density at radius 2 is 1.74 bits per heavy atom. The number of ether oxygens (including phenoxy) is 1. The fourth-order valence-electron chi connectivity index (χ4n) is 4.21. The molecule has 1 fully saturated rings. The van der Waals surface area contributed by atoms with Crippen LogP contribution in [-0.2, 0) is 11.2 Å². The molecule has 0 saturated carbocycles. The van der Waals surface area contributed by atoms with Crippen molar-refractivity contribution in [3.8, 4) is 5.75 Å². The number of anilines is 1. The van der Waals surface area contributed by atoms with Crippen LogP contribution in [0.1, 0.15) is 22.7 Å². The molecule has 3 aromatic rings. The van der Waals surface area contributed by atoms with Crippen LogP contribution in [0.25, 0.3) is 0 Å². The second kappa shape index (κ2) is 10.3. The van der Waals surface area contributed by atoms with Gasteiger partial charge in [-0.2, -0.15) is 0 Å². The van der Waals surface area contributed by atoms with E-state index in [0.717, 1.165) is 36.8 Å². The third-order valence-corrected chi connectivity index (χ3v) is 7.58. The van der Waals surface area contributed by atoms with E-state index in [1.165, 1.54) is 10.6 Å². The lowest BCUT2D eigenvalue weighted by molar-refractivity contribution is -0.121. The van der Waals surface area contributed by atoms with Gasteiger partial charge < -0.3 is 15.0 Å². The van der Waals surface area contributed by atoms with E-state index in [-0.39, 0.29) is 18.0 Å². The molecule has 7 heteroatoms. The molecule has 0 spiro atoms. The average molecular weight is 456 g/mol. The number of nitrogens with zero attached hydrogens (tertiary/aromatic N) is 2. The van der Waals surface area contributed by atoms with E-state index in [1.54, 1.807) is 29.8 Å². The monoisotopic (exact) mass is 455 g/mol. The molecule has 4 rings (SSSR count). The number of amides is 1. The van der Waals surface area contributed by atoms with Gasteiger partial charge in [-0.1, -0.05) is 12.1 Å². The summed E-state index contributed by atoms with van der Waals surface area (Å²) in [5, 5.41) is 7.40. The Bertz CT molecular complexity index is 934. The molecule has 1 aliphatic heterocycles. The number of benzene rings is 1. The summed E-state index contributed by atoms with van der Waals surface area (Å²) in [6.07, 6.45) is 0.449. The van der Waals surface area contributed by atoms with E-state index in [1.807, 2.05) is 29.6 Å². The van der Waals surface area contributed by atoms with Crippen molar-refractivity contribution in [2.24, 2.45) is 0 Å². The Labute approximate surface area is 192 Å². The first-order valence-electron chi connectivity index (χ1n) is 10.6. The Morgan fingerprint density at radius 1 is 1.03 bits per heavy atom. The van der Waals surface area contributed by atoms with Gasteiger partial charge in [0, 0.05) is 47.7 Å². The number of hydrogen-bond acceptors (Lipinski definition) is 6. The van der Waals surface area contributed by atoms with Gasteiger partial charge in [-0.3, -0.25) is 9.69 Å². The van der Waals surface area contributed by atoms with Gasteiger partial charge in [0.1, 0.15) is 5.75 Å². The van der Waals surface area contributed by atoms with E-state index in [9.17, 15) is 4.79 Å². The molecular weight excluding hydrogens is 426 g/mol. The summed E-state index contributed by atoms with van der Waals surface area (Å²) < 4.78 is 5.28. The molecule has 1 aromatic carbocycles. The highest BCUT2D eigenvalue weighted by molar-refractivity contribution is 7.10. The highest BCUT2D eigenvalue weighted by atomic mass is 32.1. The van der Waals surface area contributed by atoms with Crippen LogP contribution < -0.4 is 15.0 Å². The highest BCUT2D eigenvalue weighted by Gasteiger charge is 2.31. The lowest BCUT2D eigenvalue weighted by atomic mass is 10.0. The summed E-state index contributed by atoms with van der Waals surface area (Å²) in [6, 6.07) is 16.8. The summed E-state index contributed by atoms with van der Waals surface area (Å²) in [6.45, 7) is 5.97. The van der Waals surface area contributed by atoms with Crippen molar-refractivity contribution in [3.63, 3.8) is 0 Å². The molecular formula is C24H29N3O2S2. The second-order valence-corrected chi connectivity index (χ2v) is 9.81. The smallest absolute Gasteiger partial charge is 0.225 e. The number of rotatable bonds is 8. The van der Waals surface area contributed by atoms with Gasteiger partial charge >= 0.3 is 0 Å². The van der Waals surface area contributed by atoms with Gasteiger partial charge in [0.05, 0.1) is 19.6 Å². The van der Waals surface area contributed by atoms with Gasteiger partial charge in [0.2, 0.25) is 5.91 Å². The minimum absolute atomic E-state index is 0.0404. The lowest BCUT2D eigenvalue weighted by Crippen LogP contribution is -2.52. The van der Waals surface area contributed by atoms with Crippen LogP contribution in [0.3, 0.4) is 0 Å². The molecule has 1 saturated heterocycles. The van der Waals surface area contributed by atoms with E-state index < -0.39 is 0 Å². The lowest BCUT2D eigenvalue weighted by Gasteiger charge is -2.42.